The van der Waals surface area contributed by atoms with Gasteiger partial charge in [0.2, 0.25) is 0 Å². The third-order valence-corrected chi connectivity index (χ3v) is 5.60. The summed E-state index contributed by atoms with van der Waals surface area (Å²) in [5.74, 6) is 0.606. The molecule has 0 fully saturated rings. The van der Waals surface area contributed by atoms with Crippen LogP contribution < -0.4 is 10.1 Å². The van der Waals surface area contributed by atoms with E-state index in [0.29, 0.717) is 18.1 Å². The first-order chi connectivity index (χ1) is 16.0. The number of aryl methyl sites for hydroxylation is 1. The molecule has 168 valence electrons. The number of halogens is 1. The second-order valence-corrected chi connectivity index (χ2v) is 8.23. The van der Waals surface area contributed by atoms with Crippen LogP contribution in [0.4, 0.5) is 10.2 Å². The molecule has 0 unspecified atom stereocenters. The Kier molecular flexibility index (Phi) is 5.37. The number of rotatable bonds is 1. The summed E-state index contributed by atoms with van der Waals surface area (Å²) in [6.07, 6.45) is 7.57. The predicted octanol–water partition coefficient (Wildman–Crippen LogP) is 4.25. The summed E-state index contributed by atoms with van der Waals surface area (Å²) in [4.78, 5) is 26.4. The molecule has 0 saturated heterocycles. The van der Waals surface area contributed by atoms with E-state index in [1.807, 2.05) is 29.8 Å². The second kappa shape index (κ2) is 8.50. The molecule has 33 heavy (non-hydrogen) atoms. The Bertz CT molecular complexity index is 1330. The lowest BCUT2D eigenvalue weighted by Gasteiger charge is -2.18. The number of nitrogens with zero attached hydrogens (tertiary/aromatic N) is 5. The summed E-state index contributed by atoms with van der Waals surface area (Å²) in [6, 6.07) is 8.11. The maximum Gasteiger partial charge on any atom is 0.260 e. The number of carbonyl (C=O) groups excluding carboxylic acids is 1. The molecule has 1 aromatic carbocycles. The lowest BCUT2D eigenvalue weighted by Crippen LogP contribution is -2.18. The minimum atomic E-state index is -0.503. The van der Waals surface area contributed by atoms with Crippen molar-refractivity contribution in [3.05, 3.63) is 72.3 Å². The van der Waals surface area contributed by atoms with E-state index in [9.17, 15) is 9.18 Å². The highest BCUT2D eigenvalue weighted by Gasteiger charge is 2.21. The summed E-state index contributed by atoms with van der Waals surface area (Å²) in [5.41, 5.74) is 1.83. The van der Waals surface area contributed by atoms with Crippen LogP contribution in [-0.2, 0) is 6.54 Å². The molecular weight excluding hydrogens is 423 g/mol. The number of aromatic nitrogens is 5. The molecule has 1 N–H and O–H groups in total. The highest BCUT2D eigenvalue weighted by atomic mass is 19.1. The molecule has 0 radical (unpaired) electrons. The van der Waals surface area contributed by atoms with Gasteiger partial charge in [-0.1, -0.05) is 13.0 Å². The largest absolute Gasteiger partial charge is 0.493 e. The summed E-state index contributed by atoms with van der Waals surface area (Å²) in [6.45, 7) is 5.01. The van der Waals surface area contributed by atoms with E-state index in [4.69, 9.17) is 4.74 Å². The van der Waals surface area contributed by atoms with E-state index in [1.165, 1.54) is 18.5 Å². The van der Waals surface area contributed by atoms with Crippen LogP contribution in [-0.4, -0.2) is 36.6 Å². The van der Waals surface area contributed by atoms with Crippen molar-refractivity contribution in [2.45, 2.75) is 26.8 Å². The summed E-state index contributed by atoms with van der Waals surface area (Å²) < 4.78 is 24.5. The molecule has 0 aliphatic carbocycles. The minimum Gasteiger partial charge on any atom is -0.493 e. The van der Waals surface area contributed by atoms with Crippen molar-refractivity contribution in [2.24, 2.45) is 5.92 Å². The normalized spacial score (nSPS) is 16.2. The number of anilines is 1. The lowest BCUT2D eigenvalue weighted by atomic mass is 10.1. The molecule has 2 bridgehead atoms. The third kappa shape index (κ3) is 4.21. The van der Waals surface area contributed by atoms with E-state index in [0.717, 1.165) is 24.5 Å². The molecule has 5 rings (SSSR count). The Labute approximate surface area is 190 Å². The summed E-state index contributed by atoms with van der Waals surface area (Å²) >= 11 is 0. The van der Waals surface area contributed by atoms with Crippen molar-refractivity contribution < 1.29 is 13.9 Å². The molecule has 1 atom stereocenters. The molecular formula is C24H23FN6O2. The van der Waals surface area contributed by atoms with Gasteiger partial charge in [-0.15, -0.1) is 0 Å². The summed E-state index contributed by atoms with van der Waals surface area (Å²) in [5, 5.41) is 2.81. The molecule has 4 heterocycles. The van der Waals surface area contributed by atoms with Gasteiger partial charge in [-0.05, 0) is 37.5 Å². The number of ether oxygens (including phenoxy) is 1. The molecule has 9 heteroatoms. The van der Waals surface area contributed by atoms with Gasteiger partial charge in [0.05, 0.1) is 29.9 Å². The zero-order valence-corrected chi connectivity index (χ0v) is 18.3. The van der Waals surface area contributed by atoms with Crippen LogP contribution in [0.3, 0.4) is 0 Å². The smallest absolute Gasteiger partial charge is 0.260 e. The van der Waals surface area contributed by atoms with Crippen molar-refractivity contribution in [3.63, 3.8) is 0 Å². The first-order valence-corrected chi connectivity index (χ1v) is 10.7. The highest BCUT2D eigenvalue weighted by Crippen LogP contribution is 2.28. The van der Waals surface area contributed by atoms with E-state index in [-0.39, 0.29) is 22.9 Å². The van der Waals surface area contributed by atoms with E-state index in [1.54, 1.807) is 23.0 Å². The van der Waals surface area contributed by atoms with Gasteiger partial charge < -0.3 is 19.2 Å². The molecule has 4 aromatic rings. The molecule has 0 spiro atoms. The number of pyridine rings is 1. The molecule has 1 amide bonds. The van der Waals surface area contributed by atoms with Crippen molar-refractivity contribution >= 4 is 11.7 Å². The van der Waals surface area contributed by atoms with Gasteiger partial charge in [-0.25, -0.2) is 19.3 Å². The van der Waals surface area contributed by atoms with Crippen molar-refractivity contribution in [2.75, 3.05) is 11.9 Å². The van der Waals surface area contributed by atoms with Gasteiger partial charge in [-0.2, -0.15) is 0 Å². The van der Waals surface area contributed by atoms with Gasteiger partial charge in [0, 0.05) is 31.2 Å². The maximum atomic E-state index is 15.0. The van der Waals surface area contributed by atoms with Crippen LogP contribution >= 0.6 is 0 Å². The van der Waals surface area contributed by atoms with Crippen LogP contribution in [0.25, 0.3) is 17.2 Å². The zero-order valence-electron chi connectivity index (χ0n) is 18.3. The predicted molar refractivity (Wildman–Crippen MR) is 121 cm³/mol. The van der Waals surface area contributed by atoms with E-state index >= 15 is 0 Å². The number of carbonyl (C=O) groups is 1. The molecule has 0 saturated carbocycles. The van der Waals surface area contributed by atoms with Crippen LogP contribution in [0.5, 0.6) is 5.75 Å². The van der Waals surface area contributed by atoms with Crippen LogP contribution in [0.15, 0.2) is 55.2 Å². The van der Waals surface area contributed by atoms with Crippen molar-refractivity contribution in [1.82, 2.24) is 24.1 Å². The van der Waals surface area contributed by atoms with Gasteiger partial charge in [0.25, 0.3) is 5.91 Å². The Balaban J connectivity index is 1.58. The Morgan fingerprint density at radius 2 is 2.12 bits per heavy atom. The molecule has 8 nitrogen and oxygen atoms in total. The fourth-order valence-electron chi connectivity index (χ4n) is 3.89. The topological polar surface area (TPSA) is 86.9 Å². The first-order valence-electron chi connectivity index (χ1n) is 10.7. The van der Waals surface area contributed by atoms with Crippen LogP contribution in [0.2, 0.25) is 0 Å². The zero-order chi connectivity index (χ0) is 22.9. The fourth-order valence-corrected chi connectivity index (χ4v) is 3.89. The van der Waals surface area contributed by atoms with Crippen LogP contribution in [0, 0.1) is 18.7 Å². The third-order valence-electron chi connectivity index (χ3n) is 5.60. The highest BCUT2D eigenvalue weighted by molar-refractivity contribution is 6.06. The average Bonchev–Trinajstić information content (AvgIpc) is 3.42. The lowest BCUT2D eigenvalue weighted by molar-refractivity contribution is 0.102. The monoisotopic (exact) mass is 446 g/mol. The number of imidazole rings is 2. The standard InChI is InChI=1S/C24H23FN6O2/c1-15-6-9-33-21-11-18(25)20(31-13-16(2)27-14-31)10-17(21)24(32)29-22-5-3-4-19(28-22)23-26-7-8-30(23)12-15/h3-5,7-8,10-11,13-15H,6,9,12H2,1-2H3,(H,28,29,32)/t15-/m0/s1. The maximum absolute atomic E-state index is 15.0. The SMILES string of the molecule is Cc1cn(-c2cc3c(cc2F)OCC[C@H](C)Cn2ccnc2-c2cccc(n2)NC3=O)cn1. The molecule has 1 aliphatic heterocycles. The Morgan fingerprint density at radius 1 is 1.24 bits per heavy atom. The number of amides is 1. The van der Waals surface area contributed by atoms with Gasteiger partial charge in [0.15, 0.2) is 11.6 Å². The Hall–Kier alpha value is -4.01. The number of fused-ring (bicyclic) bond motifs is 5. The Morgan fingerprint density at radius 3 is 2.94 bits per heavy atom. The number of nitrogens with one attached hydrogen (secondary N) is 1. The van der Waals surface area contributed by atoms with Crippen LogP contribution in [0.1, 0.15) is 29.4 Å². The molecule has 3 aromatic heterocycles. The average molecular weight is 446 g/mol. The fraction of sp³-hybridized carbons (Fsp3) is 0.250. The molecule has 1 aliphatic rings. The second-order valence-electron chi connectivity index (χ2n) is 8.23. The van der Waals surface area contributed by atoms with Gasteiger partial charge in [0.1, 0.15) is 17.3 Å². The van der Waals surface area contributed by atoms with Crippen molar-refractivity contribution in [1.29, 1.82) is 0 Å². The number of benzene rings is 1. The summed E-state index contributed by atoms with van der Waals surface area (Å²) in [7, 11) is 0. The number of hydrogen-bond donors (Lipinski definition) is 1. The van der Waals surface area contributed by atoms with E-state index in [2.05, 4.69) is 27.2 Å². The minimum absolute atomic E-state index is 0.189. The first kappa shape index (κ1) is 20.9. The van der Waals surface area contributed by atoms with E-state index < -0.39 is 11.7 Å². The van der Waals surface area contributed by atoms with Gasteiger partial charge in [-0.3, -0.25) is 4.79 Å². The quantitative estimate of drug-likeness (QED) is 0.472. The van der Waals surface area contributed by atoms with Crippen molar-refractivity contribution in [3.8, 4) is 23.0 Å². The van der Waals surface area contributed by atoms with Gasteiger partial charge >= 0.3 is 0 Å². The number of hydrogen-bond acceptors (Lipinski definition) is 5.